The molecule has 0 saturated carbocycles. The number of hydrogen-bond acceptors (Lipinski definition) is 3. The van der Waals surface area contributed by atoms with E-state index in [1.54, 1.807) is 0 Å². The highest BCUT2D eigenvalue weighted by Crippen LogP contribution is 2.36. The molecule has 1 amide bonds. The van der Waals surface area contributed by atoms with Crippen molar-refractivity contribution in [1.82, 2.24) is 10.2 Å². The number of benzene rings is 1. The Hall–Kier alpha value is -1.39. The Morgan fingerprint density at radius 2 is 2.00 bits per heavy atom. The van der Waals surface area contributed by atoms with Crippen LogP contribution in [0, 0.1) is 5.92 Å². The van der Waals surface area contributed by atoms with Crippen LogP contribution in [0.5, 0.6) is 0 Å². The minimum absolute atomic E-state index is 0.00181. The van der Waals surface area contributed by atoms with Gasteiger partial charge < -0.3 is 15.0 Å². The summed E-state index contributed by atoms with van der Waals surface area (Å²) >= 11 is 0. The van der Waals surface area contributed by atoms with E-state index in [0.717, 1.165) is 45.3 Å². The zero-order chi connectivity index (χ0) is 17.0. The van der Waals surface area contributed by atoms with Gasteiger partial charge in [0.15, 0.2) is 0 Å². The molecule has 1 aromatic carbocycles. The van der Waals surface area contributed by atoms with Crippen molar-refractivity contribution in [2.45, 2.75) is 51.2 Å². The average molecular weight is 330 g/mol. The zero-order valence-corrected chi connectivity index (χ0v) is 15.0. The van der Waals surface area contributed by atoms with Crippen LogP contribution < -0.4 is 5.32 Å². The second-order valence-corrected chi connectivity index (χ2v) is 7.64. The Morgan fingerprint density at radius 1 is 1.29 bits per heavy atom. The molecular weight excluding hydrogens is 300 g/mol. The van der Waals surface area contributed by atoms with Crippen molar-refractivity contribution in [3.63, 3.8) is 0 Å². The predicted molar refractivity (Wildman–Crippen MR) is 95.9 cm³/mol. The Labute approximate surface area is 145 Å². The van der Waals surface area contributed by atoms with Crippen molar-refractivity contribution < 1.29 is 9.53 Å². The Kier molecular flexibility index (Phi) is 5.57. The fraction of sp³-hybridized carbons (Fsp3) is 0.650. The van der Waals surface area contributed by atoms with Gasteiger partial charge in [-0.3, -0.25) is 4.79 Å². The lowest BCUT2D eigenvalue weighted by atomic mass is 9.87. The van der Waals surface area contributed by atoms with Crippen LogP contribution in [-0.2, 0) is 16.0 Å². The van der Waals surface area contributed by atoms with Crippen molar-refractivity contribution in [3.8, 4) is 0 Å². The van der Waals surface area contributed by atoms with E-state index in [1.165, 1.54) is 5.56 Å². The highest BCUT2D eigenvalue weighted by Gasteiger charge is 2.43. The molecule has 0 radical (unpaired) electrons. The summed E-state index contributed by atoms with van der Waals surface area (Å²) < 4.78 is 6.14. The van der Waals surface area contributed by atoms with Gasteiger partial charge in [-0.05, 0) is 31.2 Å². The van der Waals surface area contributed by atoms with E-state index in [1.807, 2.05) is 13.8 Å². The summed E-state index contributed by atoms with van der Waals surface area (Å²) in [7, 11) is 0. The lowest BCUT2D eigenvalue weighted by molar-refractivity contribution is -0.124. The number of nitrogens with one attached hydrogen (secondary N) is 1. The molecule has 2 fully saturated rings. The Bertz CT molecular complexity index is 536. The summed E-state index contributed by atoms with van der Waals surface area (Å²) in [6.07, 6.45) is 4.24. The number of nitrogens with zero attached hydrogens (tertiary/aromatic N) is 1. The van der Waals surface area contributed by atoms with Gasteiger partial charge in [0.2, 0.25) is 5.91 Å². The molecule has 2 aliphatic heterocycles. The van der Waals surface area contributed by atoms with Crippen LogP contribution in [0.15, 0.2) is 30.3 Å². The third kappa shape index (κ3) is 4.37. The maximum absolute atomic E-state index is 11.9. The molecule has 1 N–H and O–H groups in total. The molecule has 1 aromatic rings. The molecular formula is C20H30N2O2. The van der Waals surface area contributed by atoms with E-state index in [2.05, 4.69) is 40.5 Å². The molecule has 0 unspecified atom stereocenters. The largest absolute Gasteiger partial charge is 0.373 e. The molecule has 0 aromatic heterocycles. The number of rotatable bonds is 5. The monoisotopic (exact) mass is 330 g/mol. The van der Waals surface area contributed by atoms with E-state index in [-0.39, 0.29) is 23.5 Å². The first-order valence-electron chi connectivity index (χ1n) is 9.27. The van der Waals surface area contributed by atoms with E-state index in [9.17, 15) is 4.79 Å². The van der Waals surface area contributed by atoms with Gasteiger partial charge in [-0.1, -0.05) is 44.2 Å². The number of ether oxygens (including phenoxy) is 1. The molecule has 1 atom stereocenters. The highest BCUT2D eigenvalue weighted by atomic mass is 16.5. The van der Waals surface area contributed by atoms with Crippen LogP contribution in [0.4, 0.5) is 0 Å². The van der Waals surface area contributed by atoms with Crippen molar-refractivity contribution in [1.29, 1.82) is 0 Å². The molecule has 24 heavy (non-hydrogen) atoms. The van der Waals surface area contributed by atoms with E-state index >= 15 is 0 Å². The number of piperidine rings is 1. The van der Waals surface area contributed by atoms with Gasteiger partial charge in [0, 0.05) is 25.6 Å². The van der Waals surface area contributed by atoms with Gasteiger partial charge in [0.1, 0.15) is 0 Å². The van der Waals surface area contributed by atoms with Crippen LogP contribution in [-0.4, -0.2) is 48.7 Å². The van der Waals surface area contributed by atoms with Crippen molar-refractivity contribution in [2.24, 2.45) is 5.92 Å². The van der Waals surface area contributed by atoms with Crippen LogP contribution >= 0.6 is 0 Å². The fourth-order valence-electron chi connectivity index (χ4n) is 3.77. The molecule has 4 heteroatoms. The van der Waals surface area contributed by atoms with Gasteiger partial charge in [0.05, 0.1) is 18.2 Å². The molecule has 3 rings (SSSR count). The third-order valence-corrected chi connectivity index (χ3v) is 5.41. The smallest absolute Gasteiger partial charge is 0.222 e. The Morgan fingerprint density at radius 3 is 2.67 bits per heavy atom. The number of amides is 1. The molecule has 2 aliphatic rings. The maximum atomic E-state index is 11.9. The first kappa shape index (κ1) is 17.4. The predicted octanol–water partition coefficient (Wildman–Crippen LogP) is 2.62. The molecule has 0 bridgehead atoms. The number of likely N-dealkylation sites (tertiary alicyclic amines) is 1. The standard InChI is InChI=1S/C20H30N2O2/c1-16(2)19(23)21-18-14-20(24-15-18)9-12-22(13-10-20)11-8-17-6-4-3-5-7-17/h3-7,16,18H,8-15H2,1-2H3,(H,21,23)/t18-/m0/s1. The summed E-state index contributed by atoms with van der Waals surface area (Å²) in [6, 6.07) is 10.9. The van der Waals surface area contributed by atoms with Gasteiger partial charge in [-0.25, -0.2) is 0 Å². The van der Waals surface area contributed by atoms with Crippen LogP contribution in [0.3, 0.4) is 0 Å². The number of carbonyl (C=O) groups is 1. The van der Waals surface area contributed by atoms with Gasteiger partial charge >= 0.3 is 0 Å². The minimum Gasteiger partial charge on any atom is -0.373 e. The van der Waals surface area contributed by atoms with Crippen LogP contribution in [0.1, 0.15) is 38.7 Å². The molecule has 0 aliphatic carbocycles. The lowest BCUT2D eigenvalue weighted by Gasteiger charge is -2.38. The summed E-state index contributed by atoms with van der Waals surface area (Å²) in [5.41, 5.74) is 1.41. The van der Waals surface area contributed by atoms with Crippen molar-refractivity contribution in [2.75, 3.05) is 26.2 Å². The zero-order valence-electron chi connectivity index (χ0n) is 15.0. The topological polar surface area (TPSA) is 41.6 Å². The highest BCUT2D eigenvalue weighted by molar-refractivity contribution is 5.78. The summed E-state index contributed by atoms with van der Waals surface area (Å²) in [6.45, 7) is 7.85. The summed E-state index contributed by atoms with van der Waals surface area (Å²) in [5.74, 6) is 0.183. The molecule has 2 heterocycles. The summed E-state index contributed by atoms with van der Waals surface area (Å²) in [5, 5.41) is 3.13. The molecule has 2 saturated heterocycles. The number of hydrogen-bond donors (Lipinski definition) is 1. The van der Waals surface area contributed by atoms with Gasteiger partial charge in [-0.2, -0.15) is 0 Å². The van der Waals surface area contributed by atoms with E-state index in [0.29, 0.717) is 6.61 Å². The minimum atomic E-state index is -0.00181. The molecule has 4 nitrogen and oxygen atoms in total. The molecule has 132 valence electrons. The van der Waals surface area contributed by atoms with Crippen LogP contribution in [0.2, 0.25) is 0 Å². The normalized spacial score (nSPS) is 23.7. The van der Waals surface area contributed by atoms with Crippen LogP contribution in [0.25, 0.3) is 0 Å². The van der Waals surface area contributed by atoms with E-state index < -0.39 is 0 Å². The Balaban J connectivity index is 1.43. The SMILES string of the molecule is CC(C)C(=O)N[C@@H]1COC2(CCN(CCc3ccccc3)CC2)C1. The second kappa shape index (κ2) is 7.66. The van der Waals surface area contributed by atoms with E-state index in [4.69, 9.17) is 4.74 Å². The van der Waals surface area contributed by atoms with Crippen molar-refractivity contribution >= 4 is 5.91 Å². The first-order chi connectivity index (χ1) is 11.6. The summed E-state index contributed by atoms with van der Waals surface area (Å²) in [4.78, 5) is 14.4. The number of carbonyl (C=O) groups excluding carboxylic acids is 1. The van der Waals surface area contributed by atoms with Gasteiger partial charge in [0.25, 0.3) is 0 Å². The quantitative estimate of drug-likeness (QED) is 0.902. The van der Waals surface area contributed by atoms with Gasteiger partial charge in [-0.15, -0.1) is 0 Å². The lowest BCUT2D eigenvalue weighted by Crippen LogP contribution is -2.45. The molecule has 1 spiro atoms. The average Bonchev–Trinajstić information content (AvgIpc) is 2.98. The van der Waals surface area contributed by atoms with Crippen molar-refractivity contribution in [3.05, 3.63) is 35.9 Å². The first-order valence-corrected chi connectivity index (χ1v) is 9.27. The second-order valence-electron chi connectivity index (χ2n) is 7.64. The fourth-order valence-corrected chi connectivity index (χ4v) is 3.77. The third-order valence-electron chi connectivity index (χ3n) is 5.41. The maximum Gasteiger partial charge on any atom is 0.222 e.